The van der Waals surface area contributed by atoms with Crippen LogP contribution in [-0.4, -0.2) is 9.78 Å². The van der Waals surface area contributed by atoms with Crippen molar-refractivity contribution in [1.29, 1.82) is 0 Å². The van der Waals surface area contributed by atoms with Gasteiger partial charge in [-0.25, -0.2) is 0 Å². The number of halogens is 1. The van der Waals surface area contributed by atoms with Crippen LogP contribution in [0.1, 0.15) is 33.4 Å². The highest BCUT2D eigenvalue weighted by Gasteiger charge is 2.24. The highest BCUT2D eigenvalue weighted by Crippen LogP contribution is 2.35. The lowest BCUT2D eigenvalue weighted by molar-refractivity contribution is 0.258. The van der Waals surface area contributed by atoms with Crippen LogP contribution in [-0.2, 0) is 13.5 Å². The minimum Gasteiger partial charge on any atom is -0.383 e. The molecule has 0 bridgehead atoms. The second-order valence-corrected chi connectivity index (χ2v) is 7.25. The summed E-state index contributed by atoms with van der Waals surface area (Å²) >= 11 is 5.98. The normalized spacial score (nSPS) is 13.4. The number of nitrogens with zero attached hydrogens (tertiary/aromatic N) is 2. The Labute approximate surface area is 132 Å². The number of hydrogen-bond donors (Lipinski definition) is 1. The molecule has 0 radical (unpaired) electrons. The maximum Gasteiger partial charge on any atom is 0.129 e. The predicted molar refractivity (Wildman–Crippen MR) is 90.4 cm³/mol. The molecule has 0 aliphatic rings. The summed E-state index contributed by atoms with van der Waals surface area (Å²) in [6.45, 7) is 9.03. The average molecular weight is 306 g/mol. The summed E-state index contributed by atoms with van der Waals surface area (Å²) < 4.78 is 1.76. The summed E-state index contributed by atoms with van der Waals surface area (Å²) in [6, 6.07) is 7.78. The van der Waals surface area contributed by atoms with Crippen molar-refractivity contribution in [3.05, 3.63) is 35.0 Å². The largest absolute Gasteiger partial charge is 0.383 e. The monoisotopic (exact) mass is 305 g/mol. The number of hydrogen-bond acceptors (Lipinski definition) is 2. The maximum atomic E-state index is 6.23. The molecule has 1 unspecified atom stereocenters. The van der Waals surface area contributed by atoms with Crippen molar-refractivity contribution in [2.24, 2.45) is 18.4 Å². The van der Waals surface area contributed by atoms with E-state index in [9.17, 15) is 0 Å². The Bertz CT molecular complexity index is 621. The number of nitrogen functional groups attached to an aromatic ring is 1. The van der Waals surface area contributed by atoms with Crippen LogP contribution in [0.3, 0.4) is 0 Å². The molecular formula is C17H24ClN3. The summed E-state index contributed by atoms with van der Waals surface area (Å²) in [4.78, 5) is 0. The number of nitrogens with two attached hydrogens (primary N) is 1. The number of aromatic nitrogens is 2. The fourth-order valence-corrected chi connectivity index (χ4v) is 2.39. The number of benzene rings is 1. The molecule has 0 saturated heterocycles. The van der Waals surface area contributed by atoms with E-state index >= 15 is 0 Å². The summed E-state index contributed by atoms with van der Waals surface area (Å²) in [5.74, 6) is 1.21. The van der Waals surface area contributed by atoms with Crippen molar-refractivity contribution < 1.29 is 0 Å². The topological polar surface area (TPSA) is 43.8 Å². The van der Waals surface area contributed by atoms with Gasteiger partial charge in [0.15, 0.2) is 0 Å². The summed E-state index contributed by atoms with van der Waals surface area (Å²) in [5.41, 5.74) is 9.62. The van der Waals surface area contributed by atoms with E-state index in [0.29, 0.717) is 11.7 Å². The van der Waals surface area contributed by atoms with Crippen LogP contribution in [0.5, 0.6) is 0 Å². The minimum atomic E-state index is 0.240. The smallest absolute Gasteiger partial charge is 0.129 e. The molecule has 0 aliphatic heterocycles. The van der Waals surface area contributed by atoms with Crippen molar-refractivity contribution in [3.8, 4) is 11.1 Å². The zero-order valence-electron chi connectivity index (χ0n) is 13.4. The number of aryl methyl sites for hydroxylation is 1. The SMILES string of the molecule is CC(Cc1nn(C)c(N)c1-c1ccc(Cl)cc1)C(C)(C)C. The fraction of sp³-hybridized carbons (Fsp3) is 0.471. The van der Waals surface area contributed by atoms with Gasteiger partial charge >= 0.3 is 0 Å². The first-order valence-electron chi connectivity index (χ1n) is 7.27. The molecule has 1 aromatic heterocycles. The van der Waals surface area contributed by atoms with E-state index in [0.717, 1.165) is 28.3 Å². The van der Waals surface area contributed by atoms with Gasteiger partial charge in [0.05, 0.1) is 5.69 Å². The van der Waals surface area contributed by atoms with Gasteiger partial charge < -0.3 is 5.73 Å². The van der Waals surface area contributed by atoms with Crippen LogP contribution in [0.4, 0.5) is 5.82 Å². The quantitative estimate of drug-likeness (QED) is 0.904. The molecule has 21 heavy (non-hydrogen) atoms. The lowest BCUT2D eigenvalue weighted by Crippen LogP contribution is -2.20. The van der Waals surface area contributed by atoms with E-state index in [1.165, 1.54) is 0 Å². The van der Waals surface area contributed by atoms with Crippen LogP contribution in [0.2, 0.25) is 5.02 Å². The first-order chi connectivity index (χ1) is 9.70. The van der Waals surface area contributed by atoms with E-state index in [2.05, 4.69) is 32.8 Å². The Kier molecular flexibility index (Phi) is 4.33. The molecule has 2 rings (SSSR count). The Morgan fingerprint density at radius 2 is 1.81 bits per heavy atom. The molecule has 1 atom stereocenters. The van der Waals surface area contributed by atoms with E-state index in [4.69, 9.17) is 17.3 Å². The van der Waals surface area contributed by atoms with Crippen LogP contribution in [0.15, 0.2) is 24.3 Å². The molecule has 0 aliphatic carbocycles. The van der Waals surface area contributed by atoms with Crippen molar-refractivity contribution in [3.63, 3.8) is 0 Å². The predicted octanol–water partition coefficient (Wildman–Crippen LogP) is 4.55. The Morgan fingerprint density at radius 3 is 2.33 bits per heavy atom. The van der Waals surface area contributed by atoms with Crippen molar-refractivity contribution in [1.82, 2.24) is 9.78 Å². The zero-order chi connectivity index (χ0) is 15.8. The molecule has 114 valence electrons. The second kappa shape index (κ2) is 5.72. The summed E-state index contributed by atoms with van der Waals surface area (Å²) in [5, 5.41) is 5.35. The first-order valence-corrected chi connectivity index (χ1v) is 7.65. The molecule has 2 N–H and O–H groups in total. The van der Waals surface area contributed by atoms with Gasteiger partial charge in [0.1, 0.15) is 5.82 Å². The molecule has 0 fully saturated rings. The van der Waals surface area contributed by atoms with E-state index in [1.807, 2.05) is 31.3 Å². The van der Waals surface area contributed by atoms with Crippen LogP contribution in [0.25, 0.3) is 11.1 Å². The standard InChI is InChI=1S/C17H24ClN3/c1-11(17(2,3)4)10-14-15(16(19)21(5)20-14)12-6-8-13(18)9-7-12/h6-9,11H,10,19H2,1-5H3. The van der Waals surface area contributed by atoms with Gasteiger partial charge in [-0.1, -0.05) is 51.4 Å². The van der Waals surface area contributed by atoms with E-state index in [1.54, 1.807) is 4.68 Å². The van der Waals surface area contributed by atoms with Crippen molar-refractivity contribution >= 4 is 17.4 Å². The maximum absolute atomic E-state index is 6.23. The number of anilines is 1. The fourth-order valence-electron chi connectivity index (χ4n) is 2.26. The lowest BCUT2D eigenvalue weighted by Gasteiger charge is -2.26. The second-order valence-electron chi connectivity index (χ2n) is 6.81. The Hall–Kier alpha value is -1.48. The van der Waals surface area contributed by atoms with Gasteiger partial charge in [-0.05, 0) is 35.4 Å². The molecule has 0 saturated carbocycles. The third-order valence-corrected chi connectivity index (χ3v) is 4.53. The highest BCUT2D eigenvalue weighted by atomic mass is 35.5. The van der Waals surface area contributed by atoms with Crippen molar-refractivity contribution in [2.45, 2.75) is 34.1 Å². The molecule has 2 aromatic rings. The van der Waals surface area contributed by atoms with Gasteiger partial charge in [0.25, 0.3) is 0 Å². The molecule has 0 amide bonds. The summed E-state index contributed by atoms with van der Waals surface area (Å²) in [7, 11) is 1.89. The lowest BCUT2D eigenvalue weighted by atomic mass is 9.79. The van der Waals surface area contributed by atoms with Gasteiger partial charge in [0.2, 0.25) is 0 Å². The van der Waals surface area contributed by atoms with Crippen molar-refractivity contribution in [2.75, 3.05) is 5.73 Å². The third-order valence-electron chi connectivity index (χ3n) is 4.27. The first kappa shape index (κ1) is 15.9. The highest BCUT2D eigenvalue weighted by molar-refractivity contribution is 6.30. The molecule has 1 aromatic carbocycles. The molecule has 3 nitrogen and oxygen atoms in total. The van der Waals surface area contributed by atoms with Gasteiger partial charge in [0, 0.05) is 17.6 Å². The average Bonchev–Trinajstić information content (AvgIpc) is 2.65. The van der Waals surface area contributed by atoms with Gasteiger partial charge in [-0.15, -0.1) is 0 Å². The van der Waals surface area contributed by atoms with Gasteiger partial charge in [-0.3, -0.25) is 4.68 Å². The van der Waals surface area contributed by atoms with E-state index in [-0.39, 0.29) is 5.41 Å². The number of rotatable bonds is 3. The van der Waals surface area contributed by atoms with Gasteiger partial charge in [-0.2, -0.15) is 5.10 Å². The zero-order valence-corrected chi connectivity index (χ0v) is 14.2. The molecule has 1 heterocycles. The van der Waals surface area contributed by atoms with Crippen LogP contribution in [0, 0.1) is 11.3 Å². The minimum absolute atomic E-state index is 0.240. The Balaban J connectivity index is 2.44. The van der Waals surface area contributed by atoms with E-state index < -0.39 is 0 Å². The molecular weight excluding hydrogens is 282 g/mol. The van der Waals surface area contributed by atoms with Crippen LogP contribution < -0.4 is 5.73 Å². The molecule has 0 spiro atoms. The van der Waals surface area contributed by atoms with Crippen LogP contribution >= 0.6 is 11.6 Å². The Morgan fingerprint density at radius 1 is 1.24 bits per heavy atom. The molecule has 4 heteroatoms. The summed E-state index contributed by atoms with van der Waals surface area (Å²) in [6.07, 6.45) is 0.909. The third kappa shape index (κ3) is 3.41.